The smallest absolute Gasteiger partial charge is 0.241 e. The van der Waals surface area contributed by atoms with Crippen LogP contribution in [0.15, 0.2) is 47.9 Å². The molecule has 0 bridgehead atoms. The van der Waals surface area contributed by atoms with E-state index in [-0.39, 0.29) is 17.0 Å². The Morgan fingerprint density at radius 1 is 1.30 bits per heavy atom. The van der Waals surface area contributed by atoms with Crippen LogP contribution in [-0.4, -0.2) is 35.6 Å². The minimum Gasteiger partial charge on any atom is -0.372 e. The van der Waals surface area contributed by atoms with Crippen LogP contribution >= 0.6 is 0 Å². The number of nitrogens with one attached hydrogen (secondary N) is 1. The number of hydrogen-bond acceptors (Lipinski definition) is 5. The van der Waals surface area contributed by atoms with E-state index in [1.807, 2.05) is 18.5 Å². The van der Waals surface area contributed by atoms with E-state index >= 15 is 0 Å². The summed E-state index contributed by atoms with van der Waals surface area (Å²) in [6, 6.07) is 6.81. The summed E-state index contributed by atoms with van der Waals surface area (Å²) in [7, 11) is -1.77. The maximum Gasteiger partial charge on any atom is 0.241 e. The van der Waals surface area contributed by atoms with Gasteiger partial charge in [0.2, 0.25) is 10.0 Å². The first-order valence-corrected chi connectivity index (χ1v) is 10.4. The Hall–Kier alpha value is -2.29. The number of aryl methyl sites for hydroxylation is 2. The fourth-order valence-corrected chi connectivity index (χ4v) is 5.07. The van der Waals surface area contributed by atoms with Gasteiger partial charge < -0.3 is 9.30 Å². The van der Waals surface area contributed by atoms with Gasteiger partial charge in [-0.1, -0.05) is 6.07 Å². The van der Waals surface area contributed by atoms with E-state index in [0.717, 1.165) is 11.3 Å². The first kappa shape index (κ1) is 18.1. The minimum atomic E-state index is -3.67. The first-order chi connectivity index (χ1) is 13.0. The van der Waals surface area contributed by atoms with Crippen LogP contribution in [0, 0.1) is 6.92 Å². The fraction of sp³-hybridized carbons (Fsp3) is 0.368. The number of nitrogens with zero attached hydrogens (tertiary/aromatic N) is 3. The highest BCUT2D eigenvalue weighted by atomic mass is 32.2. The zero-order valence-corrected chi connectivity index (χ0v) is 16.1. The predicted molar refractivity (Wildman–Crippen MR) is 102 cm³/mol. The van der Waals surface area contributed by atoms with Crippen molar-refractivity contribution in [2.24, 2.45) is 7.05 Å². The number of imidazole rings is 1. The number of hydrogen-bond donors (Lipinski definition) is 1. The number of benzene rings is 1. The number of ether oxygens (including phenoxy) is 1. The molecular weight excluding hydrogens is 364 g/mol. The summed E-state index contributed by atoms with van der Waals surface area (Å²) in [4.78, 5) is 8.72. The normalized spacial score (nSPS) is 20.8. The number of rotatable bonds is 4. The van der Waals surface area contributed by atoms with Crippen LogP contribution < -0.4 is 4.72 Å². The average molecular weight is 386 g/mol. The predicted octanol–water partition coefficient (Wildman–Crippen LogP) is 2.48. The van der Waals surface area contributed by atoms with Gasteiger partial charge in [-0.25, -0.2) is 18.1 Å². The summed E-state index contributed by atoms with van der Waals surface area (Å²) in [5, 5.41) is 0.639. The Labute approximate surface area is 158 Å². The number of fused-ring (bicyclic) bond motifs is 1. The maximum atomic E-state index is 13.1. The zero-order valence-electron chi connectivity index (χ0n) is 15.3. The van der Waals surface area contributed by atoms with Gasteiger partial charge in [0.1, 0.15) is 6.10 Å². The van der Waals surface area contributed by atoms with Gasteiger partial charge in [-0.15, -0.1) is 0 Å². The summed E-state index contributed by atoms with van der Waals surface area (Å²) in [6.07, 6.45) is 6.20. The van der Waals surface area contributed by atoms with Crippen LogP contribution in [0.5, 0.6) is 0 Å². The number of sulfonamides is 1. The Kier molecular flexibility index (Phi) is 4.71. The molecule has 4 rings (SSSR count). The van der Waals surface area contributed by atoms with Crippen molar-refractivity contribution < 1.29 is 13.2 Å². The molecule has 0 radical (unpaired) electrons. The van der Waals surface area contributed by atoms with Crippen molar-refractivity contribution in [3.63, 3.8) is 0 Å². The van der Waals surface area contributed by atoms with Gasteiger partial charge in [0.15, 0.2) is 0 Å². The Bertz CT molecular complexity index is 1080. The minimum absolute atomic E-state index is 0.171. The quantitative estimate of drug-likeness (QED) is 0.744. The summed E-state index contributed by atoms with van der Waals surface area (Å²) < 4.78 is 36.8. The molecule has 1 saturated heterocycles. The molecule has 1 fully saturated rings. The van der Waals surface area contributed by atoms with Crippen molar-refractivity contribution in [1.82, 2.24) is 19.3 Å². The van der Waals surface area contributed by atoms with Gasteiger partial charge in [0.05, 0.1) is 28.6 Å². The lowest BCUT2D eigenvalue weighted by Gasteiger charge is -2.30. The molecule has 1 aliphatic rings. The van der Waals surface area contributed by atoms with Crippen molar-refractivity contribution in [1.29, 1.82) is 0 Å². The highest BCUT2D eigenvalue weighted by Crippen LogP contribution is 2.30. The Morgan fingerprint density at radius 3 is 2.93 bits per heavy atom. The van der Waals surface area contributed by atoms with Crippen LogP contribution in [0.3, 0.4) is 0 Å². The summed E-state index contributed by atoms with van der Waals surface area (Å²) in [5.74, 6) is 0. The summed E-state index contributed by atoms with van der Waals surface area (Å²) >= 11 is 0. The summed E-state index contributed by atoms with van der Waals surface area (Å²) in [5.41, 5.74) is 2.61. The monoisotopic (exact) mass is 386 g/mol. The molecule has 0 aliphatic carbocycles. The molecule has 8 heteroatoms. The largest absolute Gasteiger partial charge is 0.372 e. The second kappa shape index (κ2) is 7.03. The van der Waals surface area contributed by atoms with E-state index in [2.05, 4.69) is 14.7 Å². The second-order valence-corrected chi connectivity index (χ2v) is 8.59. The maximum absolute atomic E-state index is 13.1. The van der Waals surface area contributed by atoms with Crippen LogP contribution in [0.25, 0.3) is 10.9 Å². The molecule has 3 heterocycles. The molecule has 0 spiro atoms. The van der Waals surface area contributed by atoms with E-state index in [9.17, 15) is 8.42 Å². The zero-order chi connectivity index (χ0) is 19.0. The molecule has 0 unspecified atom stereocenters. The van der Waals surface area contributed by atoms with Crippen molar-refractivity contribution in [2.45, 2.75) is 36.8 Å². The summed E-state index contributed by atoms with van der Waals surface area (Å²) in [6.45, 7) is 2.43. The average Bonchev–Trinajstić information content (AvgIpc) is 3.08. The van der Waals surface area contributed by atoms with Crippen molar-refractivity contribution in [2.75, 3.05) is 6.61 Å². The van der Waals surface area contributed by atoms with E-state index < -0.39 is 10.0 Å². The molecule has 0 amide bonds. The first-order valence-electron chi connectivity index (χ1n) is 8.90. The van der Waals surface area contributed by atoms with Crippen molar-refractivity contribution >= 4 is 20.9 Å². The van der Waals surface area contributed by atoms with Gasteiger partial charge in [-0.3, -0.25) is 4.98 Å². The molecule has 1 N–H and O–H groups in total. The third-order valence-electron chi connectivity index (χ3n) is 5.01. The molecule has 0 saturated carbocycles. The highest BCUT2D eigenvalue weighted by molar-refractivity contribution is 7.89. The molecule has 2 aromatic heterocycles. The molecule has 2 atom stereocenters. The molecule has 3 aromatic rings. The van der Waals surface area contributed by atoms with Crippen LogP contribution in [0.4, 0.5) is 0 Å². The van der Waals surface area contributed by atoms with Gasteiger partial charge in [-0.05, 0) is 43.5 Å². The van der Waals surface area contributed by atoms with Crippen molar-refractivity contribution in [3.8, 4) is 0 Å². The van der Waals surface area contributed by atoms with Crippen LogP contribution in [0.1, 0.15) is 30.2 Å². The molecule has 1 aliphatic heterocycles. The fourth-order valence-electron chi connectivity index (χ4n) is 3.59. The van der Waals surface area contributed by atoms with E-state index in [0.29, 0.717) is 30.4 Å². The van der Waals surface area contributed by atoms with E-state index in [1.165, 1.54) is 0 Å². The van der Waals surface area contributed by atoms with Crippen molar-refractivity contribution in [3.05, 3.63) is 54.2 Å². The molecule has 27 heavy (non-hydrogen) atoms. The molecule has 142 valence electrons. The Morgan fingerprint density at radius 2 is 2.15 bits per heavy atom. The van der Waals surface area contributed by atoms with E-state index in [1.54, 1.807) is 43.0 Å². The molecule has 7 nitrogen and oxygen atoms in total. The topological polar surface area (TPSA) is 86.1 Å². The van der Waals surface area contributed by atoms with Gasteiger partial charge in [-0.2, -0.15) is 0 Å². The molecular formula is C19H22N4O3S. The van der Waals surface area contributed by atoms with Crippen LogP contribution in [-0.2, 0) is 21.8 Å². The lowest BCUT2D eigenvalue weighted by Crippen LogP contribution is -2.40. The molecule has 1 aromatic carbocycles. The standard InChI is InChI=1S/C19H22N4O3S/c1-13-5-6-18(15-4-3-8-21-19(13)15)27(24,25)22-14-7-9-26-17(10-14)16-11-20-12-23(16)2/h3-6,8,11-12,14,17,22H,7,9-10H2,1-2H3/t14-,17+/m1/s1. The number of aromatic nitrogens is 3. The SMILES string of the molecule is Cc1ccc(S(=O)(=O)N[C@@H]2CCO[C@H](c3cncn3C)C2)c2cccnc12. The third kappa shape index (κ3) is 3.47. The van der Waals surface area contributed by atoms with E-state index in [4.69, 9.17) is 4.74 Å². The van der Waals surface area contributed by atoms with Gasteiger partial charge in [0, 0.05) is 31.3 Å². The second-order valence-electron chi connectivity index (χ2n) is 6.91. The Balaban J connectivity index is 1.61. The lowest BCUT2D eigenvalue weighted by molar-refractivity contribution is -0.0000410. The highest BCUT2D eigenvalue weighted by Gasteiger charge is 2.30. The number of pyridine rings is 1. The van der Waals surface area contributed by atoms with Gasteiger partial charge >= 0.3 is 0 Å². The van der Waals surface area contributed by atoms with Crippen LogP contribution in [0.2, 0.25) is 0 Å². The van der Waals surface area contributed by atoms with Gasteiger partial charge in [0.25, 0.3) is 0 Å². The lowest BCUT2D eigenvalue weighted by atomic mass is 10.0. The third-order valence-corrected chi connectivity index (χ3v) is 6.59.